The molecule has 3 rings (SSSR count). The van der Waals surface area contributed by atoms with Crippen LogP contribution in [-0.2, 0) is 51.2 Å². The van der Waals surface area contributed by atoms with E-state index >= 15 is 0 Å². The van der Waals surface area contributed by atoms with E-state index in [-0.39, 0.29) is 38.8 Å². The highest BCUT2D eigenvalue weighted by Gasteiger charge is 2.31. The first-order chi connectivity index (χ1) is 29.1. The highest BCUT2D eigenvalue weighted by atomic mass is 32.2. The van der Waals surface area contributed by atoms with Gasteiger partial charge in [-0.3, -0.25) is 38.4 Å². The molecule has 1 aliphatic rings. The van der Waals surface area contributed by atoms with Crippen LogP contribution in [0.4, 0.5) is 0 Å². The summed E-state index contributed by atoms with van der Waals surface area (Å²) in [6.07, 6.45) is 7.53. The number of thioether (sulfide) groups is 2. The lowest BCUT2D eigenvalue weighted by Gasteiger charge is -2.26. The largest absolute Gasteiger partial charge is 0.354 e. The number of hydrogen-bond donors (Lipinski definition) is 8. The van der Waals surface area contributed by atoms with Gasteiger partial charge in [0.15, 0.2) is 0 Å². The quantitative estimate of drug-likeness (QED) is 0.0980. The summed E-state index contributed by atoms with van der Waals surface area (Å²) in [6, 6.07) is 12.5. The van der Waals surface area contributed by atoms with Gasteiger partial charge in [0, 0.05) is 25.9 Å². The predicted octanol–water partition coefficient (Wildman–Crippen LogP) is 0.733. The van der Waals surface area contributed by atoms with E-state index in [4.69, 9.17) is 0 Å². The molecule has 0 aromatic heterocycles. The van der Waals surface area contributed by atoms with Gasteiger partial charge in [-0.15, -0.1) is 0 Å². The Morgan fingerprint density at radius 3 is 1.35 bits per heavy atom. The molecular formula is C42H60N8O8S2. The first kappa shape index (κ1) is 49.3. The van der Waals surface area contributed by atoms with Gasteiger partial charge in [0.25, 0.3) is 0 Å². The minimum absolute atomic E-state index is 0.159. The standard InChI is InChI=1S/C42H60N8O8S2/c1-59-23-19-31(45-27-51)39(55)47-33-17-9-11-21-43-38(54)36(26-30-15-7-4-8-16-30)50-42(58)34(48-40(56)32(46-28-52)20-24-60-2)18-10-12-22-44-37(53)35(49-41(33)57)25-29-13-5-3-6-14-29/h3-8,13-16,27-28,31-36H,9-12,17-26H2,1-2H3,(H,43,54)(H,44,53)(H,45,51)(H,46,52)(H,47,55)(H,48,56)(H,49,57)(H,50,58)/t31-,32-,33-,34?,35-,36?/m0/s1. The third-order valence-corrected chi connectivity index (χ3v) is 11.2. The Balaban J connectivity index is 1.90. The molecule has 1 saturated heterocycles. The number of rotatable bonds is 18. The SMILES string of the molecule is CSCC[C@H](NC=O)C(=O)NC1CCCCNC(=O)[C@H](Cc2ccccc2)NC(=O)[C@@H](NC(=O)[C@H](CCSC)NC=O)CCCCNC(=O)C(Cc2ccccc2)NC1=O. The average Bonchev–Trinajstić information content (AvgIpc) is 3.24. The fourth-order valence-electron chi connectivity index (χ4n) is 6.58. The molecule has 0 spiro atoms. The highest BCUT2D eigenvalue weighted by Crippen LogP contribution is 2.11. The van der Waals surface area contributed by atoms with Crippen molar-refractivity contribution in [2.75, 3.05) is 37.1 Å². The monoisotopic (exact) mass is 868 g/mol. The second-order valence-electron chi connectivity index (χ2n) is 14.4. The van der Waals surface area contributed by atoms with Crippen LogP contribution in [0, 0.1) is 0 Å². The molecule has 0 saturated carbocycles. The first-order valence-electron chi connectivity index (χ1n) is 20.3. The number of carbonyl (C=O) groups is 8. The Morgan fingerprint density at radius 1 is 0.617 bits per heavy atom. The second kappa shape index (κ2) is 28.4. The van der Waals surface area contributed by atoms with Crippen LogP contribution >= 0.6 is 23.5 Å². The Hall–Kier alpha value is -5.10. The van der Waals surface area contributed by atoms with E-state index < -0.39 is 71.7 Å². The van der Waals surface area contributed by atoms with Crippen LogP contribution in [0.1, 0.15) is 62.5 Å². The van der Waals surface area contributed by atoms with Gasteiger partial charge in [0.2, 0.25) is 48.3 Å². The molecule has 2 aromatic rings. The summed E-state index contributed by atoms with van der Waals surface area (Å²) in [5, 5.41) is 22.1. The van der Waals surface area contributed by atoms with E-state index in [1.807, 2.05) is 73.2 Å². The summed E-state index contributed by atoms with van der Waals surface area (Å²) in [6.45, 7) is 0.359. The zero-order valence-electron chi connectivity index (χ0n) is 34.4. The zero-order chi connectivity index (χ0) is 43.5. The van der Waals surface area contributed by atoms with Gasteiger partial charge < -0.3 is 42.5 Å². The van der Waals surface area contributed by atoms with Gasteiger partial charge >= 0.3 is 0 Å². The van der Waals surface area contributed by atoms with Gasteiger partial charge in [-0.05, 0) is 86.5 Å². The average molecular weight is 869 g/mol. The predicted molar refractivity (Wildman–Crippen MR) is 234 cm³/mol. The number of amides is 8. The van der Waals surface area contributed by atoms with Crippen LogP contribution in [0.25, 0.3) is 0 Å². The summed E-state index contributed by atoms with van der Waals surface area (Å²) in [5.74, 6) is -1.93. The molecule has 18 heteroatoms. The van der Waals surface area contributed by atoms with Crippen LogP contribution in [0.2, 0.25) is 0 Å². The summed E-state index contributed by atoms with van der Waals surface area (Å²) in [5.41, 5.74) is 1.59. The van der Waals surface area contributed by atoms with Gasteiger partial charge in [0.05, 0.1) is 0 Å². The summed E-state index contributed by atoms with van der Waals surface area (Å²) in [7, 11) is 0. The molecule has 8 N–H and O–H groups in total. The summed E-state index contributed by atoms with van der Waals surface area (Å²) >= 11 is 3.02. The third-order valence-electron chi connectivity index (χ3n) is 9.93. The van der Waals surface area contributed by atoms with Crippen LogP contribution in [0.3, 0.4) is 0 Å². The molecule has 0 aliphatic carbocycles. The van der Waals surface area contributed by atoms with Crippen molar-refractivity contribution in [2.24, 2.45) is 0 Å². The molecule has 6 atom stereocenters. The van der Waals surface area contributed by atoms with Crippen LogP contribution < -0.4 is 42.5 Å². The number of benzene rings is 2. The van der Waals surface area contributed by atoms with E-state index in [1.165, 1.54) is 23.5 Å². The van der Waals surface area contributed by atoms with Crippen LogP contribution in [-0.4, -0.2) is 122 Å². The van der Waals surface area contributed by atoms with E-state index in [0.29, 0.717) is 62.9 Å². The van der Waals surface area contributed by atoms with Gasteiger partial charge in [-0.2, -0.15) is 23.5 Å². The van der Waals surface area contributed by atoms with E-state index in [0.717, 1.165) is 11.1 Å². The molecule has 1 heterocycles. The van der Waals surface area contributed by atoms with Crippen molar-refractivity contribution >= 4 is 71.8 Å². The summed E-state index contributed by atoms with van der Waals surface area (Å²) in [4.78, 5) is 105. The van der Waals surface area contributed by atoms with Crippen molar-refractivity contribution in [1.29, 1.82) is 0 Å². The molecule has 16 nitrogen and oxygen atoms in total. The highest BCUT2D eigenvalue weighted by molar-refractivity contribution is 7.98. The van der Waals surface area contributed by atoms with Crippen LogP contribution in [0.15, 0.2) is 60.7 Å². The molecule has 328 valence electrons. The van der Waals surface area contributed by atoms with Gasteiger partial charge in [0.1, 0.15) is 36.3 Å². The maximum Gasteiger partial charge on any atom is 0.243 e. The molecule has 0 radical (unpaired) electrons. The Morgan fingerprint density at radius 2 is 1.00 bits per heavy atom. The number of hydrogen-bond acceptors (Lipinski definition) is 10. The molecule has 1 fully saturated rings. The topological polar surface area (TPSA) is 233 Å². The van der Waals surface area contributed by atoms with E-state index in [2.05, 4.69) is 42.5 Å². The smallest absolute Gasteiger partial charge is 0.243 e. The molecule has 60 heavy (non-hydrogen) atoms. The number of carbonyl (C=O) groups excluding carboxylic acids is 8. The van der Waals surface area contributed by atoms with Crippen molar-refractivity contribution in [1.82, 2.24) is 42.5 Å². The Labute approximate surface area is 360 Å². The van der Waals surface area contributed by atoms with E-state index in [1.54, 1.807) is 0 Å². The third kappa shape index (κ3) is 18.0. The van der Waals surface area contributed by atoms with Crippen LogP contribution in [0.5, 0.6) is 0 Å². The lowest BCUT2D eigenvalue weighted by Crippen LogP contribution is -2.57. The fourth-order valence-corrected chi connectivity index (χ4v) is 7.52. The molecule has 1 aliphatic heterocycles. The lowest BCUT2D eigenvalue weighted by atomic mass is 10.0. The van der Waals surface area contributed by atoms with Crippen molar-refractivity contribution in [3.63, 3.8) is 0 Å². The molecule has 0 bridgehead atoms. The minimum Gasteiger partial charge on any atom is -0.354 e. The van der Waals surface area contributed by atoms with E-state index in [9.17, 15) is 38.4 Å². The molecular weight excluding hydrogens is 809 g/mol. The Kier molecular flexibility index (Phi) is 23.3. The fraction of sp³-hybridized carbons (Fsp3) is 0.524. The molecule has 2 unspecified atom stereocenters. The van der Waals surface area contributed by atoms with Crippen molar-refractivity contribution in [3.8, 4) is 0 Å². The maximum atomic E-state index is 14.0. The van der Waals surface area contributed by atoms with Crippen molar-refractivity contribution < 1.29 is 38.4 Å². The summed E-state index contributed by atoms with van der Waals surface area (Å²) < 4.78 is 0. The van der Waals surface area contributed by atoms with Crippen molar-refractivity contribution in [2.45, 2.75) is 100 Å². The minimum atomic E-state index is -1.06. The molecule has 2 aromatic carbocycles. The lowest BCUT2D eigenvalue weighted by molar-refractivity contribution is -0.133. The molecule has 8 amide bonds. The maximum absolute atomic E-state index is 14.0. The normalized spacial score (nSPS) is 21.0. The first-order valence-corrected chi connectivity index (χ1v) is 23.1. The zero-order valence-corrected chi connectivity index (χ0v) is 36.0. The Bertz CT molecular complexity index is 1550. The van der Waals surface area contributed by atoms with Gasteiger partial charge in [-0.1, -0.05) is 60.7 Å². The van der Waals surface area contributed by atoms with Crippen molar-refractivity contribution in [3.05, 3.63) is 71.8 Å². The van der Waals surface area contributed by atoms with Gasteiger partial charge in [-0.25, -0.2) is 0 Å². The number of nitrogens with one attached hydrogen (secondary N) is 8. The second-order valence-corrected chi connectivity index (χ2v) is 16.4.